The van der Waals surface area contributed by atoms with E-state index in [1.807, 2.05) is 0 Å². The highest BCUT2D eigenvalue weighted by Gasteiger charge is 2.44. The number of rotatable bonds is 4. The lowest BCUT2D eigenvalue weighted by molar-refractivity contribution is 0.482. The van der Waals surface area contributed by atoms with Crippen molar-refractivity contribution < 1.29 is 4.74 Å². The van der Waals surface area contributed by atoms with Crippen molar-refractivity contribution in [2.45, 2.75) is 131 Å². The van der Waals surface area contributed by atoms with Gasteiger partial charge in [0.2, 0.25) is 0 Å². The largest absolute Gasteiger partial charge is 0.458 e. The van der Waals surface area contributed by atoms with Crippen LogP contribution in [0.4, 0.5) is 34.1 Å². The van der Waals surface area contributed by atoms with Crippen LogP contribution in [0.1, 0.15) is 132 Å². The van der Waals surface area contributed by atoms with E-state index in [1.165, 1.54) is 77.4 Å². The third-order valence-electron chi connectivity index (χ3n) is 14.8. The van der Waals surface area contributed by atoms with Gasteiger partial charge in [-0.05, 0) is 138 Å². The summed E-state index contributed by atoms with van der Waals surface area (Å²) in [7, 11) is 2.24. The molecule has 0 amide bonds. The minimum Gasteiger partial charge on any atom is -0.458 e. The van der Waals surface area contributed by atoms with Crippen LogP contribution >= 0.6 is 0 Å². The van der Waals surface area contributed by atoms with Gasteiger partial charge < -0.3 is 19.1 Å². The molecule has 346 valence electrons. The Hall–Kier alpha value is -6.20. The molecule has 3 heterocycles. The smallest absolute Gasteiger partial charge is 0.256 e. The molecule has 0 unspecified atom stereocenters. The number of para-hydroxylation sites is 1. The first-order valence-electron chi connectivity index (χ1n) is 24.8. The van der Waals surface area contributed by atoms with Crippen molar-refractivity contribution >= 4 is 79.0 Å². The van der Waals surface area contributed by atoms with Crippen LogP contribution in [-0.4, -0.2) is 11.3 Å². The lowest BCUT2D eigenvalue weighted by Crippen LogP contribution is -2.60. The first-order valence-corrected chi connectivity index (χ1v) is 24.8. The fraction of sp³-hybridized carbons (Fsp3) is 0.333. The molecule has 0 fully saturated rings. The summed E-state index contributed by atoms with van der Waals surface area (Å²) in [5, 5.41) is 2.44. The number of fused-ring (bicyclic) bond motifs is 7. The van der Waals surface area contributed by atoms with E-state index in [0.717, 1.165) is 34.2 Å². The van der Waals surface area contributed by atoms with E-state index in [9.17, 15) is 0 Å². The molecule has 0 spiro atoms. The summed E-state index contributed by atoms with van der Waals surface area (Å²) in [6, 6.07) is 51.3. The van der Waals surface area contributed by atoms with Crippen molar-refractivity contribution in [3.05, 3.63) is 161 Å². The number of anilines is 6. The molecule has 0 saturated carbocycles. The van der Waals surface area contributed by atoms with Crippen molar-refractivity contribution in [3.63, 3.8) is 0 Å². The molecule has 0 atom stereocenters. The Morgan fingerprint density at radius 2 is 0.926 bits per heavy atom. The second-order valence-electron chi connectivity index (χ2n) is 24.9. The molecule has 1 aromatic heterocycles. The third-order valence-corrected chi connectivity index (χ3v) is 14.8. The standard InChI is InChI=1S/C63H70BN3O/c1-59(2,3)39-21-27-44(28-22-39)66(45-29-23-40(24-30-45)60(4,5)6)46-37-48-47-19-17-18-20-51(47)65(16)58(48)54(38-46)67-52-31-25-41(61(7,8)9)33-49(52)64-50-34-42(62(10,11)12)26-32-55(50)68-56-36-43(63(13,14)15)35-53(67)57(56)64/h17-38H,1-16H3. The minimum absolute atomic E-state index is 0.0262. The fourth-order valence-corrected chi connectivity index (χ4v) is 10.6. The molecule has 0 radical (unpaired) electrons. The molecule has 5 heteroatoms. The quantitative estimate of drug-likeness (QED) is 0.164. The highest BCUT2D eigenvalue weighted by Crippen LogP contribution is 2.50. The summed E-state index contributed by atoms with van der Waals surface area (Å²) < 4.78 is 9.61. The van der Waals surface area contributed by atoms with Crippen LogP contribution in [-0.2, 0) is 34.1 Å². The zero-order valence-corrected chi connectivity index (χ0v) is 43.5. The van der Waals surface area contributed by atoms with E-state index in [-0.39, 0.29) is 33.8 Å². The molecule has 10 rings (SSSR count). The van der Waals surface area contributed by atoms with Crippen LogP contribution in [0.3, 0.4) is 0 Å². The first kappa shape index (κ1) is 45.6. The molecule has 7 aromatic carbocycles. The second kappa shape index (κ2) is 15.4. The van der Waals surface area contributed by atoms with Gasteiger partial charge in [0.1, 0.15) is 11.5 Å². The average Bonchev–Trinajstić information content (AvgIpc) is 3.55. The third kappa shape index (κ3) is 7.61. The Kier molecular flexibility index (Phi) is 10.3. The molecular formula is C63H70BN3O. The highest BCUT2D eigenvalue weighted by molar-refractivity contribution is 6.99. The van der Waals surface area contributed by atoms with Gasteiger partial charge in [0.15, 0.2) is 0 Å². The van der Waals surface area contributed by atoms with E-state index < -0.39 is 0 Å². The van der Waals surface area contributed by atoms with E-state index in [4.69, 9.17) is 4.74 Å². The van der Waals surface area contributed by atoms with Gasteiger partial charge in [-0.15, -0.1) is 0 Å². The molecule has 0 aliphatic carbocycles. The number of nitrogens with zero attached hydrogens (tertiary/aromatic N) is 3. The van der Waals surface area contributed by atoms with Gasteiger partial charge in [0.05, 0.1) is 11.2 Å². The van der Waals surface area contributed by atoms with E-state index in [2.05, 4.69) is 259 Å². The number of ether oxygens (including phenoxy) is 1. The summed E-state index contributed by atoms with van der Waals surface area (Å²) in [4.78, 5) is 5.07. The van der Waals surface area contributed by atoms with E-state index in [0.29, 0.717) is 0 Å². The predicted molar refractivity (Wildman–Crippen MR) is 294 cm³/mol. The Labute approximate surface area is 407 Å². The molecule has 0 bridgehead atoms. The van der Waals surface area contributed by atoms with Crippen LogP contribution in [0.15, 0.2) is 133 Å². The zero-order chi connectivity index (χ0) is 48.6. The Bertz CT molecular complexity index is 3230. The highest BCUT2D eigenvalue weighted by atomic mass is 16.5. The van der Waals surface area contributed by atoms with Gasteiger partial charge in [-0.25, -0.2) is 0 Å². The molecule has 0 N–H and O–H groups in total. The monoisotopic (exact) mass is 896 g/mol. The summed E-state index contributed by atoms with van der Waals surface area (Å²) in [6.45, 7) is 34.6. The normalized spacial score (nSPS) is 13.9. The summed E-state index contributed by atoms with van der Waals surface area (Å²) in [6.07, 6.45) is 0. The van der Waals surface area contributed by atoms with Crippen LogP contribution < -0.4 is 30.9 Å². The molecular weight excluding hydrogens is 826 g/mol. The summed E-state index contributed by atoms with van der Waals surface area (Å²) in [5.74, 6) is 1.88. The molecule has 8 aromatic rings. The Morgan fingerprint density at radius 1 is 0.412 bits per heavy atom. The molecule has 2 aliphatic heterocycles. The van der Waals surface area contributed by atoms with Gasteiger partial charge in [0, 0.05) is 51.8 Å². The van der Waals surface area contributed by atoms with E-state index >= 15 is 0 Å². The van der Waals surface area contributed by atoms with Crippen LogP contribution in [0.25, 0.3) is 21.8 Å². The van der Waals surface area contributed by atoms with Crippen molar-refractivity contribution in [1.29, 1.82) is 0 Å². The van der Waals surface area contributed by atoms with Crippen LogP contribution in [0.2, 0.25) is 0 Å². The Morgan fingerprint density at radius 3 is 1.49 bits per heavy atom. The van der Waals surface area contributed by atoms with Gasteiger partial charge in [0.25, 0.3) is 6.71 Å². The number of aryl methyl sites for hydroxylation is 1. The second-order valence-corrected chi connectivity index (χ2v) is 24.9. The minimum atomic E-state index is -0.144. The lowest BCUT2D eigenvalue weighted by atomic mass is 9.33. The lowest BCUT2D eigenvalue weighted by Gasteiger charge is -2.42. The number of hydrogen-bond donors (Lipinski definition) is 0. The van der Waals surface area contributed by atoms with Crippen LogP contribution in [0, 0.1) is 0 Å². The number of aromatic nitrogens is 1. The van der Waals surface area contributed by atoms with Crippen molar-refractivity contribution in [2.75, 3.05) is 9.80 Å². The van der Waals surface area contributed by atoms with Crippen LogP contribution in [0.5, 0.6) is 11.5 Å². The maximum absolute atomic E-state index is 7.19. The van der Waals surface area contributed by atoms with Gasteiger partial charge in [-0.3, -0.25) is 0 Å². The van der Waals surface area contributed by atoms with Gasteiger partial charge in [-0.1, -0.05) is 171 Å². The maximum atomic E-state index is 7.19. The van der Waals surface area contributed by atoms with E-state index in [1.54, 1.807) is 0 Å². The molecule has 68 heavy (non-hydrogen) atoms. The Balaban J connectivity index is 1.33. The number of benzene rings is 7. The predicted octanol–water partition coefficient (Wildman–Crippen LogP) is 15.7. The fourth-order valence-electron chi connectivity index (χ4n) is 10.6. The molecule has 4 nitrogen and oxygen atoms in total. The van der Waals surface area contributed by atoms with Crippen molar-refractivity contribution in [2.24, 2.45) is 7.05 Å². The average molecular weight is 896 g/mol. The van der Waals surface area contributed by atoms with Gasteiger partial charge >= 0.3 is 0 Å². The topological polar surface area (TPSA) is 20.6 Å². The van der Waals surface area contributed by atoms with Crippen molar-refractivity contribution in [1.82, 2.24) is 4.57 Å². The molecule has 2 aliphatic rings. The SMILES string of the molecule is Cn1c2ccccc2c2cc(N(c3ccc(C(C)(C)C)cc3)c3ccc(C(C)(C)C)cc3)cc(N3c4ccc(C(C)(C)C)cc4B4c5cc(C(C)(C)C)ccc5Oc5cc(C(C)(C)C)cc3c54)c21. The summed E-state index contributed by atoms with van der Waals surface area (Å²) >= 11 is 0. The maximum Gasteiger partial charge on any atom is 0.256 e. The van der Waals surface area contributed by atoms with Crippen molar-refractivity contribution in [3.8, 4) is 11.5 Å². The first-order chi connectivity index (χ1) is 31.8. The molecule has 0 saturated heterocycles. The van der Waals surface area contributed by atoms with Gasteiger partial charge in [-0.2, -0.15) is 0 Å². The zero-order valence-electron chi connectivity index (χ0n) is 43.5. The number of hydrogen-bond acceptors (Lipinski definition) is 3. The summed E-state index contributed by atoms with van der Waals surface area (Å²) in [5.41, 5.74) is 19.3.